The maximum absolute atomic E-state index is 13.6. The number of aromatic nitrogens is 8. The molecule has 45 heteroatoms. The molecular formula is C96H141N13O25SSi6. The number of anilines is 1. The minimum absolute atomic E-state index is 0.0116. The van der Waals surface area contributed by atoms with Crippen molar-refractivity contribution in [3.8, 4) is 30.0 Å². The molecule has 5 N–H and O–H groups in total. The van der Waals surface area contributed by atoms with Crippen molar-refractivity contribution in [2.24, 2.45) is 11.8 Å². The number of nitrogens with two attached hydrogens (primary N) is 1. The molecular weight excluding hydrogens is 1940 g/mol. The van der Waals surface area contributed by atoms with Crippen molar-refractivity contribution < 1.29 is 97.0 Å². The summed E-state index contributed by atoms with van der Waals surface area (Å²) in [7, 11) is -17.9. The Morgan fingerprint density at radius 3 is 1.23 bits per heavy atom. The van der Waals surface area contributed by atoms with Gasteiger partial charge in [-0.25, -0.2) is 19.2 Å². The fourth-order valence-electron chi connectivity index (χ4n) is 20.1. The lowest BCUT2D eigenvalue weighted by Gasteiger charge is -2.51. The Balaban J connectivity index is 0.000000202. The van der Waals surface area contributed by atoms with Crippen molar-refractivity contribution in [3.63, 3.8) is 0 Å². The van der Waals surface area contributed by atoms with Crippen molar-refractivity contribution >= 4 is 103 Å². The van der Waals surface area contributed by atoms with E-state index in [0.29, 0.717) is 22.8 Å². The van der Waals surface area contributed by atoms with Gasteiger partial charge in [0.1, 0.15) is 95.6 Å². The van der Waals surface area contributed by atoms with Gasteiger partial charge in [-0.1, -0.05) is 197 Å². The SMILES string of the molecule is CC(=O)Cc1ccn([C@@H]2O[C@@H]3CO[Si](C(C)C)(C(C)C)O[Si](C(C)C)(C(C)C)O[C@H]3C2(C#N)OC(=S)Oc2ccc3ccccc3c2)c(=O)n1.CC(=O)Cc1ccn([C@@H]2O[C@@H]3CO[Si](C(C)C)(C(C)C)O[Si](C(C)C)(C(C)C)O[C@H]3C2(O)C#N)c(=O)n1.CC(=O)Cc1ccn([C@@H]2O[C@@H]3CO[Si](C(C)C)(C(C)C)O[Si](C(C)C)(C(C)C)O[C@H]3[C@@H]2C#N)c(=O)n1.N#C[C@H]1[C@H](O)[C@@H](CO)O[C@H]1n1ccc(N)nc1=O. The number of benzene rings is 2. The molecule has 11 heterocycles. The zero-order chi connectivity index (χ0) is 105. The van der Waals surface area contributed by atoms with Gasteiger partial charge in [0, 0.05) is 56.3 Å². The van der Waals surface area contributed by atoms with Gasteiger partial charge in [0.05, 0.1) is 61.8 Å². The summed E-state index contributed by atoms with van der Waals surface area (Å²) in [6.07, 6.45) is -5.86. The Hall–Kier alpha value is -8.66. The molecule has 7 saturated heterocycles. The molecule has 0 spiro atoms. The molecule has 0 saturated carbocycles. The van der Waals surface area contributed by atoms with Crippen LogP contribution >= 0.6 is 12.2 Å². The minimum Gasteiger partial charge on any atom is -0.427 e. The second-order valence-corrected chi connectivity index (χ2v) is 67.9. The first-order chi connectivity index (χ1) is 66.1. The molecule has 4 aromatic heterocycles. The number of aliphatic hydroxyl groups is 3. The number of aliphatic hydroxyl groups excluding tert-OH is 2. The molecule has 141 heavy (non-hydrogen) atoms. The molecule has 7 aliphatic rings. The van der Waals surface area contributed by atoms with Gasteiger partial charge in [-0.05, 0) is 134 Å². The lowest BCUT2D eigenvalue weighted by molar-refractivity contribution is -0.117. The fourth-order valence-corrected chi connectivity index (χ4v) is 54.0. The van der Waals surface area contributed by atoms with Crippen molar-refractivity contribution in [2.75, 3.05) is 32.2 Å². The van der Waals surface area contributed by atoms with Crippen LogP contribution in [0.5, 0.6) is 5.75 Å². The van der Waals surface area contributed by atoms with Crippen LogP contribution in [0.4, 0.5) is 5.82 Å². The van der Waals surface area contributed by atoms with E-state index in [1.165, 1.54) is 60.6 Å². The van der Waals surface area contributed by atoms with E-state index in [1.807, 2.05) is 76.2 Å². The smallest absolute Gasteiger partial charge is 0.359 e. The Labute approximate surface area is 836 Å². The van der Waals surface area contributed by atoms with Crippen LogP contribution in [0.1, 0.15) is 229 Å². The third kappa shape index (κ3) is 23.3. The van der Waals surface area contributed by atoms with Gasteiger partial charge >= 0.3 is 79.4 Å². The van der Waals surface area contributed by atoms with E-state index in [0.717, 1.165) is 19.9 Å². The van der Waals surface area contributed by atoms with E-state index in [2.05, 4.69) is 171 Å². The second kappa shape index (κ2) is 46.4. The largest absolute Gasteiger partial charge is 0.427 e. The van der Waals surface area contributed by atoms with Crippen LogP contribution in [0.25, 0.3) is 10.8 Å². The average molecular weight is 2080 g/mol. The molecule has 16 atom stereocenters. The molecule has 770 valence electrons. The number of nitrogens with zero attached hydrogens (tertiary/aromatic N) is 12. The first-order valence-electron chi connectivity index (χ1n) is 48.4. The molecule has 13 rings (SSSR count). The molecule has 0 amide bonds. The third-order valence-electron chi connectivity index (χ3n) is 27.4. The van der Waals surface area contributed by atoms with Crippen LogP contribution in [0.3, 0.4) is 0 Å². The Kier molecular flexibility index (Phi) is 37.6. The van der Waals surface area contributed by atoms with Crippen LogP contribution in [-0.2, 0) is 96.2 Å². The monoisotopic (exact) mass is 2080 g/mol. The summed E-state index contributed by atoms with van der Waals surface area (Å²) in [5.74, 6) is -1.60. The van der Waals surface area contributed by atoms with Crippen molar-refractivity contribution in [1.82, 2.24) is 38.2 Å². The molecule has 6 aromatic rings. The maximum atomic E-state index is 13.6. The number of hydrogen-bond donors (Lipinski definition) is 4. The number of hydrogen-bond acceptors (Lipinski definition) is 35. The molecule has 0 radical (unpaired) electrons. The lowest BCUT2D eigenvalue weighted by atomic mass is 9.95. The average Bonchev–Trinajstić information content (AvgIpc) is 1.60. The molecule has 2 aromatic carbocycles. The quantitative estimate of drug-likeness (QED) is 0.0235. The summed E-state index contributed by atoms with van der Waals surface area (Å²) in [6.45, 7) is 54.6. The standard InChI is InChI=1S/C36H47N3O8SSi2.C25H41N3O7Si2.C25H41N3O6Si2.C10H12N4O4/c1-22(2)49(23(3)4)42-20-31-32(46-50(47-49,24(5)6)25(7)8)36(21-37,33(44-31)39-17-16-29(18-26(9)40)38-34(39)41)45-35(48)43-30-15-14-27-12-10-11-13-28(27)19-30;1-15(2)36(16(3)4)32-13-21-22(34-37(35-36,17(5)6)18(7)8)25(31,14-26)23(33-21)28-11-10-20(12-19(9)29)27-24(28)30;1-15(2)35(16(3)4)31-14-22-23(33-36(34-35,17(5)6)18(7)8)21(13-26)24(32-22)28-11-10-20(12-19(9)29)27-25(28)30;11-3-5-8(16)6(4-15)18-9(5)14-2-1-7(12)13-10(14)17/h10-17,19,22-25,31-33H,18,20H2,1-9H3;10-11,15-18,21-23,31H,12-13H2,1-9H3;10-11,15-18,21-24H,12,14H2,1-9H3;1-2,5-6,8-9,15-16H,4H2,(H2,12,13,17)/t31-,32-,33-,36?;21-,22-,23-,25?;21-,22+,23-,24+;5-,6+,8-,9+/m1100/s1. The first kappa shape index (κ1) is 114. The van der Waals surface area contributed by atoms with Crippen molar-refractivity contribution in [2.45, 2.75) is 358 Å². The first-order valence-corrected chi connectivity index (χ1v) is 60.6. The number of carbonyl (C=O) groups excluding carboxylic acids is 3. The number of fused-ring (bicyclic) bond motifs is 4. The molecule has 7 aliphatic heterocycles. The number of carbonyl (C=O) groups is 3. The van der Waals surface area contributed by atoms with Gasteiger partial charge in [0.15, 0.2) is 24.9 Å². The van der Waals surface area contributed by atoms with Gasteiger partial charge in [-0.2, -0.15) is 41.0 Å². The van der Waals surface area contributed by atoms with E-state index in [4.69, 9.17) is 95.6 Å². The number of ether oxygens (including phenoxy) is 6. The normalized spacial score (nSPS) is 27.4. The van der Waals surface area contributed by atoms with Crippen LogP contribution < -0.4 is 33.2 Å². The summed E-state index contributed by atoms with van der Waals surface area (Å²) in [5, 5.41) is 72.8. The zero-order valence-corrected chi connectivity index (χ0v) is 92.6. The molecule has 7 fully saturated rings. The summed E-state index contributed by atoms with van der Waals surface area (Å²) in [4.78, 5) is 102. The molecule has 0 aliphatic carbocycles. The summed E-state index contributed by atoms with van der Waals surface area (Å²) < 4.78 is 105. The molecule has 38 nitrogen and oxygen atoms in total. The predicted molar refractivity (Wildman–Crippen MR) is 537 cm³/mol. The predicted octanol–water partition coefficient (Wildman–Crippen LogP) is 13.1. The Morgan fingerprint density at radius 2 is 0.837 bits per heavy atom. The molecule has 2 unspecified atom stereocenters. The number of nitriles is 4. The second-order valence-electron chi connectivity index (χ2n) is 41.1. The van der Waals surface area contributed by atoms with Crippen LogP contribution in [0, 0.1) is 57.2 Å². The van der Waals surface area contributed by atoms with E-state index in [9.17, 15) is 59.6 Å². The van der Waals surface area contributed by atoms with Gasteiger partial charge in [0.25, 0.3) is 5.60 Å². The van der Waals surface area contributed by atoms with Gasteiger partial charge in [-0.15, -0.1) is 0 Å². The van der Waals surface area contributed by atoms with Crippen molar-refractivity contribution in [3.05, 3.63) is 151 Å². The third-order valence-corrected chi connectivity index (χ3v) is 58.3. The topological polar surface area (TPSA) is 511 Å². The number of rotatable bonds is 25. The fraction of sp³-hybridized carbons (Fsp3) is 0.646. The number of ketones is 3. The summed E-state index contributed by atoms with van der Waals surface area (Å²) >= 11 is 5.67. The van der Waals surface area contributed by atoms with E-state index < -0.39 is 178 Å². The minimum atomic E-state index is -3.30. The lowest BCUT2D eigenvalue weighted by Crippen LogP contribution is -2.67. The highest BCUT2D eigenvalue weighted by molar-refractivity contribution is 7.79. The van der Waals surface area contributed by atoms with Crippen molar-refractivity contribution in [1.29, 1.82) is 21.0 Å². The van der Waals surface area contributed by atoms with Gasteiger partial charge in [0.2, 0.25) is 5.60 Å². The highest BCUT2D eigenvalue weighted by Crippen LogP contribution is 2.56. The van der Waals surface area contributed by atoms with Crippen LogP contribution in [0.15, 0.2) is 111 Å². The summed E-state index contributed by atoms with van der Waals surface area (Å²) in [6, 6.07) is 27.9. The van der Waals surface area contributed by atoms with Gasteiger partial charge < -0.3 is 88.4 Å². The van der Waals surface area contributed by atoms with E-state index in [-0.39, 0.29) is 134 Å². The van der Waals surface area contributed by atoms with Crippen LogP contribution in [0.2, 0.25) is 66.5 Å². The molecule has 0 bridgehead atoms. The van der Waals surface area contributed by atoms with Crippen LogP contribution in [-0.4, -0.2) is 214 Å². The number of thiocarbonyl (C=S) groups is 1. The zero-order valence-electron chi connectivity index (χ0n) is 85.8. The Bertz CT molecular complexity index is 5830. The number of Topliss-reactive ketones (excluding diaryl/α,β-unsaturated/α-hetero) is 3. The highest BCUT2D eigenvalue weighted by atomic mass is 32.1. The highest BCUT2D eigenvalue weighted by Gasteiger charge is 2.71. The number of nitrogen functional groups attached to an aromatic ring is 1. The summed E-state index contributed by atoms with van der Waals surface area (Å²) in [5.41, 5.74) is 0.211. The van der Waals surface area contributed by atoms with E-state index >= 15 is 0 Å². The van der Waals surface area contributed by atoms with Gasteiger partial charge in [-0.3, -0.25) is 32.7 Å². The Morgan fingerprint density at radius 1 is 0.468 bits per heavy atom. The maximum Gasteiger partial charge on any atom is 0.359 e. The van der Waals surface area contributed by atoms with E-state index in [1.54, 1.807) is 24.4 Å².